The van der Waals surface area contributed by atoms with E-state index >= 15 is 0 Å². The summed E-state index contributed by atoms with van der Waals surface area (Å²) in [6.45, 7) is 6.35. The molecule has 0 saturated carbocycles. The molecule has 0 saturated heterocycles. The first-order valence-corrected chi connectivity index (χ1v) is 10.2. The molecule has 1 aromatic carbocycles. The van der Waals surface area contributed by atoms with Crippen molar-refractivity contribution in [3.63, 3.8) is 0 Å². The van der Waals surface area contributed by atoms with Gasteiger partial charge in [0.2, 0.25) is 0 Å². The summed E-state index contributed by atoms with van der Waals surface area (Å²) in [4.78, 5) is 6.09. The highest BCUT2D eigenvalue weighted by Gasteiger charge is 2.20. The number of benzene rings is 1. The van der Waals surface area contributed by atoms with Crippen molar-refractivity contribution in [1.82, 2.24) is 4.57 Å². The average Bonchev–Trinajstić information content (AvgIpc) is 3.17. The molecule has 27 heavy (non-hydrogen) atoms. The lowest BCUT2D eigenvalue weighted by atomic mass is 9.96. The van der Waals surface area contributed by atoms with Crippen LogP contribution in [-0.2, 0) is 12.8 Å². The molecule has 0 unspecified atom stereocenters. The topological polar surface area (TPSA) is 41.1 Å². The van der Waals surface area contributed by atoms with Gasteiger partial charge in [0.15, 0.2) is 0 Å². The lowest BCUT2D eigenvalue weighted by Crippen LogP contribution is -1.99. The number of hydrogen-bond acceptors (Lipinski definition) is 3. The Morgan fingerprint density at radius 2 is 1.85 bits per heavy atom. The first-order valence-electron chi connectivity index (χ1n) is 9.43. The van der Waals surface area contributed by atoms with Gasteiger partial charge in [0, 0.05) is 33.7 Å². The Morgan fingerprint density at radius 3 is 2.59 bits per heavy atom. The number of aromatic nitrogens is 1. The SMILES string of the molecule is Cc1ccc(-n2c(C)cc(C=Nc3sc4c(c3C#N)CCCC4)c2C)cc1. The van der Waals surface area contributed by atoms with Crippen molar-refractivity contribution in [2.24, 2.45) is 4.99 Å². The van der Waals surface area contributed by atoms with Crippen LogP contribution < -0.4 is 0 Å². The van der Waals surface area contributed by atoms with Gasteiger partial charge in [0.1, 0.15) is 11.1 Å². The highest BCUT2D eigenvalue weighted by Crippen LogP contribution is 2.39. The molecule has 0 aliphatic heterocycles. The largest absolute Gasteiger partial charge is 0.318 e. The van der Waals surface area contributed by atoms with E-state index in [4.69, 9.17) is 4.99 Å². The van der Waals surface area contributed by atoms with E-state index in [2.05, 4.69) is 61.7 Å². The number of aliphatic imine (C=N–C) groups is 1. The van der Waals surface area contributed by atoms with Crippen molar-refractivity contribution in [1.29, 1.82) is 5.26 Å². The molecule has 0 atom stereocenters. The Labute approximate surface area is 164 Å². The molecule has 4 rings (SSSR count). The number of thiophene rings is 1. The van der Waals surface area contributed by atoms with E-state index in [1.165, 1.54) is 45.9 Å². The molecule has 1 aliphatic carbocycles. The number of aryl methyl sites for hydroxylation is 3. The third kappa shape index (κ3) is 3.24. The van der Waals surface area contributed by atoms with Gasteiger partial charge in [-0.05, 0) is 70.2 Å². The average molecular weight is 374 g/mol. The van der Waals surface area contributed by atoms with Gasteiger partial charge in [-0.1, -0.05) is 17.7 Å². The van der Waals surface area contributed by atoms with Gasteiger partial charge >= 0.3 is 0 Å². The minimum absolute atomic E-state index is 0.790. The molecule has 2 aromatic heterocycles. The van der Waals surface area contributed by atoms with Crippen LogP contribution >= 0.6 is 11.3 Å². The molecule has 0 radical (unpaired) electrons. The van der Waals surface area contributed by atoms with Crippen LogP contribution in [0.4, 0.5) is 5.00 Å². The van der Waals surface area contributed by atoms with Gasteiger partial charge in [0.25, 0.3) is 0 Å². The molecule has 4 heteroatoms. The van der Waals surface area contributed by atoms with Gasteiger partial charge in [-0.15, -0.1) is 11.3 Å². The third-order valence-electron chi connectivity index (χ3n) is 5.35. The van der Waals surface area contributed by atoms with Crippen LogP contribution in [0.3, 0.4) is 0 Å². The van der Waals surface area contributed by atoms with E-state index in [1.807, 2.05) is 6.21 Å². The molecule has 0 spiro atoms. The molecule has 0 N–H and O–H groups in total. The lowest BCUT2D eigenvalue weighted by molar-refractivity contribution is 0.696. The third-order valence-corrected chi connectivity index (χ3v) is 6.55. The van der Waals surface area contributed by atoms with Gasteiger partial charge in [-0.3, -0.25) is 0 Å². The normalized spacial score (nSPS) is 13.7. The second-order valence-electron chi connectivity index (χ2n) is 7.26. The molecule has 1 aliphatic rings. The number of nitrogens with zero attached hydrogens (tertiary/aromatic N) is 3. The van der Waals surface area contributed by atoms with Crippen molar-refractivity contribution in [3.8, 4) is 11.8 Å². The van der Waals surface area contributed by atoms with Crippen LogP contribution in [0, 0.1) is 32.1 Å². The summed E-state index contributed by atoms with van der Waals surface area (Å²) >= 11 is 1.69. The molecule has 2 heterocycles. The lowest BCUT2D eigenvalue weighted by Gasteiger charge is -2.09. The summed E-state index contributed by atoms with van der Waals surface area (Å²) in [6, 6.07) is 13.1. The van der Waals surface area contributed by atoms with Gasteiger partial charge in [-0.2, -0.15) is 5.26 Å². The molecular formula is C23H23N3S. The van der Waals surface area contributed by atoms with Crippen molar-refractivity contribution < 1.29 is 0 Å². The highest BCUT2D eigenvalue weighted by molar-refractivity contribution is 7.16. The predicted molar refractivity (Wildman–Crippen MR) is 113 cm³/mol. The van der Waals surface area contributed by atoms with Gasteiger partial charge < -0.3 is 4.57 Å². The van der Waals surface area contributed by atoms with E-state index in [-0.39, 0.29) is 0 Å². The molecular weight excluding hydrogens is 350 g/mol. The smallest absolute Gasteiger partial charge is 0.134 e. The van der Waals surface area contributed by atoms with Gasteiger partial charge in [0.05, 0.1) is 5.56 Å². The Morgan fingerprint density at radius 1 is 1.11 bits per heavy atom. The summed E-state index contributed by atoms with van der Waals surface area (Å²) in [5.41, 5.74) is 7.91. The zero-order valence-electron chi connectivity index (χ0n) is 16.0. The summed E-state index contributed by atoms with van der Waals surface area (Å²) in [5, 5.41) is 10.5. The van der Waals surface area contributed by atoms with E-state index < -0.39 is 0 Å². The van der Waals surface area contributed by atoms with E-state index in [1.54, 1.807) is 11.3 Å². The molecule has 3 aromatic rings. The number of fused-ring (bicyclic) bond motifs is 1. The first kappa shape index (κ1) is 17.8. The maximum Gasteiger partial charge on any atom is 0.134 e. The van der Waals surface area contributed by atoms with Crippen LogP contribution in [-0.4, -0.2) is 10.8 Å². The van der Waals surface area contributed by atoms with Crippen molar-refractivity contribution in [2.45, 2.75) is 46.5 Å². The Kier molecular flexibility index (Phi) is 4.72. The zero-order chi connectivity index (χ0) is 19.0. The first-order chi connectivity index (χ1) is 13.1. The summed E-state index contributed by atoms with van der Waals surface area (Å²) in [5.74, 6) is 0. The summed E-state index contributed by atoms with van der Waals surface area (Å²) in [7, 11) is 0. The second kappa shape index (κ2) is 7.17. The standard InChI is InChI=1S/C23H23N3S/c1-15-8-10-19(11-9-15)26-16(2)12-18(17(26)3)14-25-23-21(13-24)20-6-4-5-7-22(20)27-23/h8-12,14H,4-7H2,1-3H3. The predicted octanol–water partition coefficient (Wildman–Crippen LogP) is 5.97. The van der Waals surface area contributed by atoms with Crippen LogP contribution in [0.2, 0.25) is 0 Å². The number of hydrogen-bond donors (Lipinski definition) is 0. The zero-order valence-corrected chi connectivity index (χ0v) is 16.9. The summed E-state index contributed by atoms with van der Waals surface area (Å²) < 4.78 is 2.26. The fraction of sp³-hybridized carbons (Fsp3) is 0.304. The Hall–Kier alpha value is -2.64. The van der Waals surface area contributed by atoms with Crippen molar-refractivity contribution >= 4 is 22.6 Å². The highest BCUT2D eigenvalue weighted by atomic mass is 32.1. The van der Waals surface area contributed by atoms with Crippen LogP contribution in [0.1, 0.15) is 51.4 Å². The van der Waals surface area contributed by atoms with E-state index in [0.717, 1.165) is 29.0 Å². The second-order valence-corrected chi connectivity index (χ2v) is 8.34. The van der Waals surface area contributed by atoms with E-state index in [9.17, 15) is 5.26 Å². The minimum Gasteiger partial charge on any atom is -0.318 e. The molecule has 0 fully saturated rings. The van der Waals surface area contributed by atoms with E-state index in [0.29, 0.717) is 0 Å². The van der Waals surface area contributed by atoms with Crippen molar-refractivity contribution in [3.05, 3.63) is 68.9 Å². The number of nitriles is 1. The maximum absolute atomic E-state index is 9.61. The fourth-order valence-electron chi connectivity index (χ4n) is 3.90. The molecule has 3 nitrogen and oxygen atoms in total. The molecule has 0 amide bonds. The van der Waals surface area contributed by atoms with Gasteiger partial charge in [-0.25, -0.2) is 4.99 Å². The Balaban J connectivity index is 1.70. The quantitative estimate of drug-likeness (QED) is 0.522. The maximum atomic E-state index is 9.61. The Bertz CT molecular complexity index is 1060. The van der Waals surface area contributed by atoms with Crippen LogP contribution in [0.15, 0.2) is 35.3 Å². The fourth-order valence-corrected chi connectivity index (χ4v) is 5.08. The minimum atomic E-state index is 0.790. The van der Waals surface area contributed by atoms with Crippen molar-refractivity contribution in [2.75, 3.05) is 0 Å². The van der Waals surface area contributed by atoms with Crippen LogP contribution in [0.25, 0.3) is 5.69 Å². The molecule has 136 valence electrons. The molecule has 0 bridgehead atoms. The summed E-state index contributed by atoms with van der Waals surface area (Å²) in [6.07, 6.45) is 6.43. The van der Waals surface area contributed by atoms with Crippen LogP contribution in [0.5, 0.6) is 0 Å². The monoisotopic (exact) mass is 373 g/mol. The number of rotatable bonds is 3.